The highest BCUT2D eigenvalue weighted by Crippen LogP contribution is 2.35. The Labute approximate surface area is 159 Å². The van der Waals surface area contributed by atoms with Gasteiger partial charge in [0.1, 0.15) is 0 Å². The maximum Gasteiger partial charge on any atom is 0.261 e. The van der Waals surface area contributed by atoms with Gasteiger partial charge in [-0.15, -0.1) is 0 Å². The molecule has 1 fully saturated rings. The minimum absolute atomic E-state index is 0.138. The van der Waals surface area contributed by atoms with Crippen LogP contribution in [0.2, 0.25) is 0 Å². The fourth-order valence-corrected chi connectivity index (χ4v) is 5.10. The van der Waals surface area contributed by atoms with Gasteiger partial charge < -0.3 is 4.90 Å². The molecule has 0 unspecified atom stereocenters. The zero-order chi connectivity index (χ0) is 18.4. The molecule has 138 valence electrons. The lowest BCUT2D eigenvalue weighted by molar-refractivity contribution is 0.0648. The maximum absolute atomic E-state index is 12.5. The molecule has 0 radical (unpaired) electrons. The van der Waals surface area contributed by atoms with Gasteiger partial charge in [0.05, 0.1) is 11.1 Å². The number of hydrogen-bond acceptors (Lipinski definition) is 3. The molecule has 2 atom stereocenters. The standard InChI is InChI=1S/C23H24N2O2/c26-22-20-8-3-4-9-21(20)23(27)25(22)11-5-10-24-14-18-12-16-6-1-2-7-17(16)13-19(18)15-24/h1-4,6-9,18-19H,5,10-15H2/t18-,19+. The monoisotopic (exact) mass is 360 g/mol. The Bertz CT molecular complexity index is 839. The lowest BCUT2D eigenvalue weighted by atomic mass is 9.78. The molecule has 0 aromatic heterocycles. The van der Waals surface area contributed by atoms with Crippen LogP contribution in [0.4, 0.5) is 0 Å². The van der Waals surface area contributed by atoms with Crippen molar-refractivity contribution in [2.45, 2.75) is 19.3 Å². The van der Waals surface area contributed by atoms with Gasteiger partial charge in [-0.1, -0.05) is 36.4 Å². The van der Waals surface area contributed by atoms with E-state index in [-0.39, 0.29) is 11.8 Å². The van der Waals surface area contributed by atoms with Crippen LogP contribution in [0.1, 0.15) is 38.3 Å². The number of amides is 2. The average Bonchev–Trinajstić information content (AvgIpc) is 3.19. The summed E-state index contributed by atoms with van der Waals surface area (Å²) in [7, 11) is 0. The minimum Gasteiger partial charge on any atom is -0.303 e. The highest BCUT2D eigenvalue weighted by Gasteiger charge is 2.37. The number of likely N-dealkylation sites (tertiary alicyclic amines) is 1. The van der Waals surface area contributed by atoms with Gasteiger partial charge in [-0.2, -0.15) is 0 Å². The molecule has 27 heavy (non-hydrogen) atoms. The van der Waals surface area contributed by atoms with Crippen LogP contribution in [-0.4, -0.2) is 47.8 Å². The molecule has 0 spiro atoms. The molecule has 2 aliphatic heterocycles. The summed E-state index contributed by atoms with van der Waals surface area (Å²) >= 11 is 0. The van der Waals surface area contributed by atoms with E-state index in [0.717, 1.165) is 37.9 Å². The van der Waals surface area contributed by atoms with Crippen LogP contribution >= 0.6 is 0 Å². The second kappa shape index (κ2) is 6.61. The Kier molecular flexibility index (Phi) is 4.09. The SMILES string of the molecule is O=C1c2ccccc2C(=O)N1CCCN1C[C@H]2Cc3ccccc3C[C@H]2C1. The highest BCUT2D eigenvalue weighted by atomic mass is 16.2. The fraction of sp³-hybridized carbons (Fsp3) is 0.391. The first-order valence-electron chi connectivity index (χ1n) is 9.95. The van der Waals surface area contributed by atoms with E-state index in [2.05, 4.69) is 29.2 Å². The largest absolute Gasteiger partial charge is 0.303 e. The third-order valence-electron chi connectivity index (χ3n) is 6.47. The Hall–Kier alpha value is -2.46. The summed E-state index contributed by atoms with van der Waals surface area (Å²) in [5.41, 5.74) is 4.14. The van der Waals surface area contributed by atoms with E-state index < -0.39 is 0 Å². The minimum atomic E-state index is -0.138. The van der Waals surface area contributed by atoms with E-state index in [4.69, 9.17) is 0 Å². The number of benzene rings is 2. The summed E-state index contributed by atoms with van der Waals surface area (Å²) in [6, 6.07) is 16.0. The van der Waals surface area contributed by atoms with Gasteiger partial charge in [0.15, 0.2) is 0 Å². The smallest absolute Gasteiger partial charge is 0.261 e. The topological polar surface area (TPSA) is 40.6 Å². The number of rotatable bonds is 4. The summed E-state index contributed by atoms with van der Waals surface area (Å²) in [6.07, 6.45) is 3.23. The van der Waals surface area contributed by atoms with Crippen LogP contribution in [0.3, 0.4) is 0 Å². The predicted molar refractivity (Wildman–Crippen MR) is 104 cm³/mol. The quantitative estimate of drug-likeness (QED) is 0.787. The van der Waals surface area contributed by atoms with Crippen molar-refractivity contribution in [1.29, 1.82) is 0 Å². The zero-order valence-corrected chi connectivity index (χ0v) is 15.4. The first-order chi connectivity index (χ1) is 13.2. The molecule has 4 heteroatoms. The molecule has 4 nitrogen and oxygen atoms in total. The lowest BCUT2D eigenvalue weighted by Crippen LogP contribution is -2.33. The number of fused-ring (bicyclic) bond motifs is 3. The van der Waals surface area contributed by atoms with Crippen molar-refractivity contribution in [2.24, 2.45) is 11.8 Å². The van der Waals surface area contributed by atoms with E-state index in [1.807, 2.05) is 12.1 Å². The van der Waals surface area contributed by atoms with Crippen LogP contribution in [0.15, 0.2) is 48.5 Å². The van der Waals surface area contributed by atoms with Crippen molar-refractivity contribution in [3.8, 4) is 0 Å². The van der Waals surface area contributed by atoms with Crippen molar-refractivity contribution in [3.63, 3.8) is 0 Å². The van der Waals surface area contributed by atoms with Gasteiger partial charge in [0, 0.05) is 19.6 Å². The summed E-state index contributed by atoms with van der Waals surface area (Å²) < 4.78 is 0. The molecule has 0 N–H and O–H groups in total. The van der Waals surface area contributed by atoms with Gasteiger partial charge in [0.25, 0.3) is 11.8 Å². The fourth-order valence-electron chi connectivity index (χ4n) is 5.10. The zero-order valence-electron chi connectivity index (χ0n) is 15.4. The summed E-state index contributed by atoms with van der Waals surface area (Å²) in [4.78, 5) is 28.9. The van der Waals surface area contributed by atoms with E-state index in [1.165, 1.54) is 28.9 Å². The Morgan fingerprint density at radius 3 is 1.81 bits per heavy atom. The van der Waals surface area contributed by atoms with Crippen molar-refractivity contribution in [2.75, 3.05) is 26.2 Å². The van der Waals surface area contributed by atoms with Crippen molar-refractivity contribution < 1.29 is 9.59 Å². The van der Waals surface area contributed by atoms with Crippen LogP contribution in [0, 0.1) is 11.8 Å². The van der Waals surface area contributed by atoms with Crippen molar-refractivity contribution >= 4 is 11.8 Å². The number of carbonyl (C=O) groups is 2. The Morgan fingerprint density at radius 2 is 1.26 bits per heavy atom. The van der Waals surface area contributed by atoms with Crippen molar-refractivity contribution in [3.05, 3.63) is 70.8 Å². The maximum atomic E-state index is 12.5. The van der Waals surface area contributed by atoms with Gasteiger partial charge in [-0.3, -0.25) is 14.5 Å². The molecule has 2 aromatic carbocycles. The predicted octanol–water partition coefficient (Wildman–Crippen LogP) is 3.02. The van der Waals surface area contributed by atoms with E-state index >= 15 is 0 Å². The first-order valence-corrected chi connectivity index (χ1v) is 9.95. The van der Waals surface area contributed by atoms with E-state index in [0.29, 0.717) is 17.7 Å². The second-order valence-electron chi connectivity index (χ2n) is 8.12. The van der Waals surface area contributed by atoms with Gasteiger partial charge in [-0.25, -0.2) is 0 Å². The number of hydrogen-bond donors (Lipinski definition) is 0. The summed E-state index contributed by atoms with van der Waals surface area (Å²) in [5, 5.41) is 0. The highest BCUT2D eigenvalue weighted by molar-refractivity contribution is 6.21. The van der Waals surface area contributed by atoms with E-state index in [9.17, 15) is 9.59 Å². The molecule has 3 aliphatic rings. The van der Waals surface area contributed by atoms with Crippen LogP contribution in [-0.2, 0) is 12.8 Å². The summed E-state index contributed by atoms with van der Waals surface area (Å²) in [5.74, 6) is 1.22. The van der Waals surface area contributed by atoms with Gasteiger partial charge >= 0.3 is 0 Å². The van der Waals surface area contributed by atoms with Gasteiger partial charge in [-0.05, 0) is 60.9 Å². The lowest BCUT2D eigenvalue weighted by Gasteiger charge is -2.26. The van der Waals surface area contributed by atoms with Crippen LogP contribution in [0.5, 0.6) is 0 Å². The molecular weight excluding hydrogens is 336 g/mol. The van der Waals surface area contributed by atoms with Gasteiger partial charge in [0.2, 0.25) is 0 Å². The normalized spacial score (nSPS) is 24.1. The first kappa shape index (κ1) is 16.7. The molecule has 2 amide bonds. The van der Waals surface area contributed by atoms with Crippen LogP contribution < -0.4 is 0 Å². The van der Waals surface area contributed by atoms with Crippen molar-refractivity contribution in [1.82, 2.24) is 9.80 Å². The third-order valence-corrected chi connectivity index (χ3v) is 6.47. The molecule has 1 saturated heterocycles. The molecular formula is C23H24N2O2. The summed E-state index contributed by atoms with van der Waals surface area (Å²) in [6.45, 7) is 3.75. The number of imide groups is 1. The average molecular weight is 360 g/mol. The Morgan fingerprint density at radius 1 is 0.741 bits per heavy atom. The molecule has 5 rings (SSSR count). The third kappa shape index (κ3) is 2.88. The molecule has 2 heterocycles. The number of nitrogens with zero attached hydrogens (tertiary/aromatic N) is 2. The molecule has 2 aromatic rings. The molecule has 1 aliphatic carbocycles. The molecule has 0 bridgehead atoms. The number of carbonyl (C=O) groups excluding carboxylic acids is 2. The van der Waals surface area contributed by atoms with Crippen LogP contribution in [0.25, 0.3) is 0 Å². The second-order valence-corrected chi connectivity index (χ2v) is 8.12. The molecule has 0 saturated carbocycles. The Balaban J connectivity index is 1.17. The van der Waals surface area contributed by atoms with E-state index in [1.54, 1.807) is 12.1 Å².